The summed E-state index contributed by atoms with van der Waals surface area (Å²) in [5.74, 6) is -1.80. The number of aromatic amines is 1. The van der Waals surface area contributed by atoms with E-state index < -0.39 is 27.4 Å². The topological polar surface area (TPSA) is 118 Å². The number of rotatable bonds is 5. The van der Waals surface area contributed by atoms with Crippen LogP contribution in [0, 0.1) is 5.82 Å². The number of hydrogen-bond acceptors (Lipinski definition) is 6. The molecule has 0 spiro atoms. The van der Waals surface area contributed by atoms with Gasteiger partial charge in [0.15, 0.2) is 5.82 Å². The SMILES string of the molecule is O=C(/C=C(\O)c1cn(S(=O)(=O)c2ccc(F)cc2)c2cc(Cl)ccc12)c1ncn[nH]1. The Kier molecular flexibility index (Phi) is 4.88. The van der Waals surface area contributed by atoms with Crippen LogP contribution in [0.5, 0.6) is 0 Å². The fourth-order valence-corrected chi connectivity index (χ4v) is 4.42. The van der Waals surface area contributed by atoms with Gasteiger partial charge in [-0.1, -0.05) is 17.7 Å². The van der Waals surface area contributed by atoms with Crippen molar-refractivity contribution in [1.29, 1.82) is 0 Å². The third-order valence-electron chi connectivity index (χ3n) is 4.30. The summed E-state index contributed by atoms with van der Waals surface area (Å²) in [5.41, 5.74) is 0.258. The van der Waals surface area contributed by atoms with E-state index in [2.05, 4.69) is 15.2 Å². The van der Waals surface area contributed by atoms with Gasteiger partial charge in [-0.25, -0.2) is 21.8 Å². The molecule has 2 aromatic heterocycles. The van der Waals surface area contributed by atoms with Gasteiger partial charge in [-0.2, -0.15) is 5.10 Å². The molecule has 152 valence electrons. The standard InChI is InChI=1S/C19H12ClFN4O4S/c20-11-1-6-14-15(17(26)8-18(27)19-22-10-23-24-19)9-25(16(14)7-11)30(28,29)13-4-2-12(21)3-5-13/h1-10,26H,(H,22,23,24)/b17-8-. The summed E-state index contributed by atoms with van der Waals surface area (Å²) >= 11 is 6.04. The van der Waals surface area contributed by atoms with Gasteiger partial charge in [0.1, 0.15) is 17.9 Å². The summed E-state index contributed by atoms with van der Waals surface area (Å²) in [6.45, 7) is 0. The zero-order chi connectivity index (χ0) is 21.5. The Balaban J connectivity index is 1.89. The highest BCUT2D eigenvalue weighted by molar-refractivity contribution is 7.90. The normalized spacial score (nSPS) is 12.4. The monoisotopic (exact) mass is 446 g/mol. The molecule has 2 N–H and O–H groups in total. The number of halogens is 2. The molecule has 8 nitrogen and oxygen atoms in total. The number of fused-ring (bicyclic) bond motifs is 1. The van der Waals surface area contributed by atoms with Crippen molar-refractivity contribution in [2.75, 3.05) is 0 Å². The maximum atomic E-state index is 13.2. The number of carbonyl (C=O) groups excluding carboxylic acids is 1. The van der Waals surface area contributed by atoms with Crippen molar-refractivity contribution < 1.29 is 22.7 Å². The molecular weight excluding hydrogens is 435 g/mol. The molecule has 4 aromatic rings. The van der Waals surface area contributed by atoms with Gasteiger partial charge in [-0.3, -0.25) is 9.89 Å². The molecule has 0 fully saturated rings. The molecule has 0 aliphatic heterocycles. The number of aliphatic hydroxyl groups is 1. The third kappa shape index (κ3) is 3.46. The summed E-state index contributed by atoms with van der Waals surface area (Å²) in [4.78, 5) is 15.7. The van der Waals surface area contributed by atoms with Crippen LogP contribution in [0.15, 0.2) is 66.0 Å². The molecule has 2 aromatic carbocycles. The van der Waals surface area contributed by atoms with E-state index in [0.717, 1.165) is 40.6 Å². The maximum absolute atomic E-state index is 13.2. The van der Waals surface area contributed by atoms with E-state index in [1.807, 2.05) is 0 Å². The number of carbonyl (C=O) groups is 1. The van der Waals surface area contributed by atoms with Gasteiger partial charge in [0, 0.05) is 28.2 Å². The minimum absolute atomic E-state index is 0.0835. The third-order valence-corrected chi connectivity index (χ3v) is 6.22. The van der Waals surface area contributed by atoms with Gasteiger partial charge in [0.2, 0.25) is 5.78 Å². The second-order valence-electron chi connectivity index (χ2n) is 6.19. The van der Waals surface area contributed by atoms with Crippen LogP contribution < -0.4 is 0 Å². The fraction of sp³-hybridized carbons (Fsp3) is 0. The van der Waals surface area contributed by atoms with Crippen molar-refractivity contribution in [1.82, 2.24) is 19.2 Å². The molecule has 0 atom stereocenters. The number of benzene rings is 2. The van der Waals surface area contributed by atoms with Crippen LogP contribution in [0.2, 0.25) is 5.02 Å². The smallest absolute Gasteiger partial charge is 0.268 e. The lowest BCUT2D eigenvalue weighted by Gasteiger charge is -2.07. The average molecular weight is 447 g/mol. The zero-order valence-electron chi connectivity index (χ0n) is 15.0. The lowest BCUT2D eigenvalue weighted by Crippen LogP contribution is -2.11. The van der Waals surface area contributed by atoms with Crippen molar-refractivity contribution in [3.8, 4) is 0 Å². The van der Waals surface area contributed by atoms with Crippen LogP contribution in [-0.2, 0) is 10.0 Å². The highest BCUT2D eigenvalue weighted by Gasteiger charge is 2.23. The number of allylic oxidation sites excluding steroid dienone is 1. The van der Waals surface area contributed by atoms with Gasteiger partial charge in [-0.05, 0) is 36.4 Å². The van der Waals surface area contributed by atoms with Crippen molar-refractivity contribution >= 4 is 44.1 Å². The highest BCUT2D eigenvalue weighted by Crippen LogP contribution is 2.31. The molecule has 4 rings (SSSR count). The molecule has 0 unspecified atom stereocenters. The predicted molar refractivity (Wildman–Crippen MR) is 107 cm³/mol. The number of H-pyrrole nitrogens is 1. The van der Waals surface area contributed by atoms with Gasteiger partial charge in [0.05, 0.1) is 10.4 Å². The number of aliphatic hydroxyl groups excluding tert-OH is 1. The van der Waals surface area contributed by atoms with Crippen LogP contribution in [0.4, 0.5) is 4.39 Å². The number of nitrogens with zero attached hydrogens (tertiary/aromatic N) is 3. The lowest BCUT2D eigenvalue weighted by molar-refractivity contribution is 0.103. The number of aromatic nitrogens is 4. The molecule has 2 heterocycles. The van der Waals surface area contributed by atoms with E-state index in [-0.39, 0.29) is 26.8 Å². The van der Waals surface area contributed by atoms with Gasteiger partial charge in [-0.15, -0.1) is 0 Å². The first-order valence-electron chi connectivity index (χ1n) is 8.40. The lowest BCUT2D eigenvalue weighted by atomic mass is 10.1. The largest absolute Gasteiger partial charge is 0.507 e. The van der Waals surface area contributed by atoms with Crippen molar-refractivity contribution in [3.63, 3.8) is 0 Å². The Morgan fingerprint density at radius 1 is 1.20 bits per heavy atom. The minimum atomic E-state index is -4.14. The van der Waals surface area contributed by atoms with Gasteiger partial charge >= 0.3 is 0 Å². The Labute approximate surface area is 174 Å². The number of ketones is 1. The molecule has 0 aliphatic carbocycles. The van der Waals surface area contributed by atoms with E-state index >= 15 is 0 Å². The van der Waals surface area contributed by atoms with Crippen molar-refractivity contribution in [3.05, 3.63) is 83.3 Å². The van der Waals surface area contributed by atoms with Crippen LogP contribution in [0.1, 0.15) is 16.2 Å². The van der Waals surface area contributed by atoms with Gasteiger partial charge in [0.25, 0.3) is 10.0 Å². The molecule has 0 amide bonds. The Hall–Kier alpha value is -3.50. The predicted octanol–water partition coefficient (Wildman–Crippen LogP) is 3.57. The quantitative estimate of drug-likeness (QED) is 0.275. The first-order chi connectivity index (χ1) is 14.3. The van der Waals surface area contributed by atoms with Crippen LogP contribution in [0.25, 0.3) is 16.7 Å². The minimum Gasteiger partial charge on any atom is -0.507 e. The second kappa shape index (κ2) is 7.39. The van der Waals surface area contributed by atoms with E-state index in [1.165, 1.54) is 24.4 Å². The first kappa shape index (κ1) is 19.8. The second-order valence-corrected chi connectivity index (χ2v) is 8.44. The summed E-state index contributed by atoms with van der Waals surface area (Å²) < 4.78 is 40.4. The van der Waals surface area contributed by atoms with E-state index in [4.69, 9.17) is 11.6 Å². The molecule has 0 radical (unpaired) electrons. The molecule has 0 aliphatic rings. The molecule has 0 saturated carbocycles. The van der Waals surface area contributed by atoms with Crippen LogP contribution >= 0.6 is 11.6 Å². The van der Waals surface area contributed by atoms with E-state index in [0.29, 0.717) is 5.39 Å². The Morgan fingerprint density at radius 2 is 1.93 bits per heavy atom. The Bertz CT molecular complexity index is 1390. The van der Waals surface area contributed by atoms with Crippen molar-refractivity contribution in [2.45, 2.75) is 4.90 Å². The van der Waals surface area contributed by atoms with Crippen LogP contribution in [-0.4, -0.2) is 38.5 Å². The van der Waals surface area contributed by atoms with E-state index in [1.54, 1.807) is 0 Å². The summed E-state index contributed by atoms with van der Waals surface area (Å²) in [7, 11) is -4.14. The van der Waals surface area contributed by atoms with Crippen molar-refractivity contribution in [2.24, 2.45) is 0 Å². The Morgan fingerprint density at radius 3 is 2.60 bits per heavy atom. The molecular formula is C19H12ClFN4O4S. The van der Waals surface area contributed by atoms with Gasteiger partial charge < -0.3 is 5.11 Å². The molecule has 30 heavy (non-hydrogen) atoms. The summed E-state index contributed by atoms with van der Waals surface area (Å²) in [5, 5.41) is 17.1. The average Bonchev–Trinajstić information content (AvgIpc) is 3.36. The zero-order valence-corrected chi connectivity index (χ0v) is 16.5. The van der Waals surface area contributed by atoms with E-state index in [9.17, 15) is 22.7 Å². The first-order valence-corrected chi connectivity index (χ1v) is 10.2. The molecule has 0 bridgehead atoms. The number of nitrogens with one attached hydrogen (secondary N) is 1. The maximum Gasteiger partial charge on any atom is 0.268 e. The fourth-order valence-electron chi connectivity index (χ4n) is 2.89. The number of hydrogen-bond donors (Lipinski definition) is 2. The highest BCUT2D eigenvalue weighted by atomic mass is 35.5. The summed E-state index contributed by atoms with van der Waals surface area (Å²) in [6.07, 6.45) is 3.21. The molecule has 0 saturated heterocycles. The summed E-state index contributed by atoms with van der Waals surface area (Å²) in [6, 6.07) is 8.76. The van der Waals surface area contributed by atoms with Crippen LogP contribution in [0.3, 0.4) is 0 Å². The molecule has 11 heteroatoms.